The third kappa shape index (κ3) is 5.74. The van der Waals surface area contributed by atoms with Gasteiger partial charge in [-0.15, -0.1) is 0 Å². The molecular formula is C34H36N4O13. The number of nitrogen functional groups attached to an aromatic ring is 1. The number of anilines is 1. The highest BCUT2D eigenvalue weighted by atomic mass is 16.7. The number of hydrogen-bond acceptors (Lipinski definition) is 15. The van der Waals surface area contributed by atoms with Gasteiger partial charge in [-0.2, -0.15) is 0 Å². The predicted octanol–water partition coefficient (Wildman–Crippen LogP) is -0.0868. The summed E-state index contributed by atoms with van der Waals surface area (Å²) in [4.78, 5) is 28.6. The van der Waals surface area contributed by atoms with Crippen molar-refractivity contribution in [3.8, 4) is 34.3 Å². The molecule has 2 aliphatic heterocycles. The van der Waals surface area contributed by atoms with E-state index in [1.165, 1.54) is 25.3 Å². The number of phenolic OH excluding ortho intramolecular Hbond substituents is 1. The van der Waals surface area contributed by atoms with E-state index in [1.54, 1.807) is 36.4 Å². The summed E-state index contributed by atoms with van der Waals surface area (Å²) in [5.74, 6) is -3.08. The van der Waals surface area contributed by atoms with Gasteiger partial charge in [-0.05, 0) is 42.5 Å². The van der Waals surface area contributed by atoms with Crippen LogP contribution in [-0.2, 0) is 9.53 Å². The number of carbonyl (C=O) groups is 1. The van der Waals surface area contributed by atoms with Gasteiger partial charge in [0.2, 0.25) is 12.0 Å². The van der Waals surface area contributed by atoms with E-state index in [-0.39, 0.29) is 34.8 Å². The smallest absolute Gasteiger partial charge is 0.336 e. The van der Waals surface area contributed by atoms with E-state index in [2.05, 4.69) is 15.6 Å². The van der Waals surface area contributed by atoms with Crippen molar-refractivity contribution in [3.05, 3.63) is 76.6 Å². The van der Waals surface area contributed by atoms with Crippen LogP contribution in [0.5, 0.6) is 23.0 Å². The second-order valence-electron chi connectivity index (χ2n) is 12.6. The number of carboxylic acid groups (broad SMARTS) is 1. The van der Waals surface area contributed by atoms with Crippen molar-refractivity contribution in [2.75, 3.05) is 32.7 Å². The molecule has 1 aliphatic carbocycles. The molecule has 0 radical (unpaired) electrons. The molecular weight excluding hydrogens is 672 g/mol. The highest BCUT2D eigenvalue weighted by Crippen LogP contribution is 2.49. The minimum absolute atomic E-state index is 0.0663. The lowest BCUT2D eigenvalue weighted by Gasteiger charge is -2.56. The zero-order valence-electron chi connectivity index (χ0n) is 27.0. The van der Waals surface area contributed by atoms with E-state index in [1.807, 2.05) is 0 Å². The maximum atomic E-state index is 13.3. The van der Waals surface area contributed by atoms with Gasteiger partial charge >= 0.3 is 5.97 Å². The molecule has 2 aromatic heterocycles. The van der Waals surface area contributed by atoms with Crippen LogP contribution in [0.1, 0.15) is 11.8 Å². The van der Waals surface area contributed by atoms with E-state index in [0.29, 0.717) is 36.0 Å². The van der Waals surface area contributed by atoms with Crippen LogP contribution in [0.2, 0.25) is 0 Å². The first-order valence-electron chi connectivity index (χ1n) is 15.9. The summed E-state index contributed by atoms with van der Waals surface area (Å²) in [6.45, 7) is 0.667. The Balaban J connectivity index is 1.19. The van der Waals surface area contributed by atoms with Gasteiger partial charge in [-0.1, -0.05) is 6.08 Å². The largest absolute Gasteiger partial charge is 0.504 e. The fraction of sp³-hybridized carbons (Fsp3) is 0.353. The molecule has 0 spiro atoms. The Labute approximate surface area is 288 Å². The Morgan fingerprint density at radius 1 is 1.16 bits per heavy atom. The van der Waals surface area contributed by atoms with Crippen LogP contribution in [0.15, 0.2) is 69.9 Å². The van der Waals surface area contributed by atoms with E-state index in [0.717, 1.165) is 6.07 Å². The van der Waals surface area contributed by atoms with Crippen molar-refractivity contribution in [1.82, 2.24) is 15.6 Å². The number of fused-ring (bicyclic) bond motifs is 3. The molecule has 270 valence electrons. The second-order valence-corrected chi connectivity index (χ2v) is 12.6. The van der Waals surface area contributed by atoms with E-state index < -0.39 is 64.9 Å². The van der Waals surface area contributed by atoms with Gasteiger partial charge in [-0.25, -0.2) is 4.79 Å². The van der Waals surface area contributed by atoms with Crippen molar-refractivity contribution >= 4 is 22.8 Å². The fourth-order valence-corrected chi connectivity index (χ4v) is 6.92. The highest BCUT2D eigenvalue weighted by molar-refractivity contribution is 5.89. The number of rotatable bonds is 10. The van der Waals surface area contributed by atoms with E-state index in [4.69, 9.17) is 29.1 Å². The van der Waals surface area contributed by atoms with Crippen molar-refractivity contribution < 1.29 is 58.8 Å². The maximum Gasteiger partial charge on any atom is 0.336 e. The van der Waals surface area contributed by atoms with Gasteiger partial charge in [0.05, 0.1) is 7.11 Å². The first kappa shape index (κ1) is 34.3. The lowest BCUT2D eigenvalue weighted by atomic mass is 9.63. The lowest BCUT2D eigenvalue weighted by Crippen LogP contribution is -2.79. The fourth-order valence-electron chi connectivity index (χ4n) is 6.92. The van der Waals surface area contributed by atoms with Crippen LogP contribution in [0.4, 0.5) is 5.82 Å². The number of carboxylic acids is 1. The number of ether oxygens (including phenoxy) is 4. The zero-order chi connectivity index (χ0) is 36.2. The second kappa shape index (κ2) is 12.9. The Morgan fingerprint density at radius 3 is 2.57 bits per heavy atom. The van der Waals surface area contributed by atoms with Crippen molar-refractivity contribution in [3.63, 3.8) is 0 Å². The minimum Gasteiger partial charge on any atom is -0.504 e. The Hall–Kier alpha value is -5.14. The number of H-pyrrole nitrogens is 1. The molecule has 17 heteroatoms. The standard InChI is InChI=1S/C34H36N4O13/c1-47-28-24(50-32-33(45)9-8-17(19-12-36-14-37-19)34(46,31(33)44)29(51-32)30(42)43)11-23-26(27(28)41)20(39)10-22(49-23)15-2-4-16(5-3-15)48-13-21(40)18-6-7-25(35)38-18/h2-11,17,19,21,29,31-32,36-38,40-41,44-46H,12-14,35H2,1H3,(H,42,43). The Morgan fingerprint density at radius 2 is 1.92 bits per heavy atom. The van der Waals surface area contributed by atoms with Crippen LogP contribution in [0.3, 0.4) is 0 Å². The molecule has 17 nitrogen and oxygen atoms in total. The molecule has 2 bridgehead atoms. The molecule has 7 rings (SSSR count). The normalized spacial score (nSPS) is 29.2. The zero-order valence-corrected chi connectivity index (χ0v) is 27.0. The third-order valence-electron chi connectivity index (χ3n) is 9.54. The molecule has 3 aliphatic rings. The summed E-state index contributed by atoms with van der Waals surface area (Å²) in [7, 11) is 1.18. The quantitative estimate of drug-likeness (QED) is 0.0965. The summed E-state index contributed by atoms with van der Waals surface area (Å²) in [6.07, 6.45) is -4.50. The highest BCUT2D eigenvalue weighted by Gasteiger charge is 2.70. The Kier molecular flexibility index (Phi) is 8.67. The number of methoxy groups -OCH3 is 1. The van der Waals surface area contributed by atoms with Gasteiger partial charge in [0.25, 0.3) is 0 Å². The molecule has 11 N–H and O–H groups in total. The number of aromatic nitrogens is 1. The topological polar surface area (TPSA) is 271 Å². The van der Waals surface area contributed by atoms with Gasteiger partial charge in [0.1, 0.15) is 52.7 Å². The van der Waals surface area contributed by atoms with Gasteiger partial charge in [-0.3, -0.25) is 10.1 Å². The van der Waals surface area contributed by atoms with E-state index >= 15 is 0 Å². The number of hydrogen-bond donors (Lipinski definition) is 10. The number of nitrogens with two attached hydrogens (primary N) is 1. The first-order valence-corrected chi connectivity index (χ1v) is 15.9. The average Bonchev–Trinajstić information content (AvgIpc) is 3.79. The van der Waals surface area contributed by atoms with Crippen LogP contribution in [0, 0.1) is 5.92 Å². The molecule has 8 atom stereocenters. The maximum absolute atomic E-state index is 13.3. The summed E-state index contributed by atoms with van der Waals surface area (Å²) < 4.78 is 28.6. The summed E-state index contributed by atoms with van der Waals surface area (Å²) in [6, 6.07) is 11.5. The van der Waals surface area contributed by atoms with Gasteiger partial charge < -0.3 is 70.0 Å². The third-order valence-corrected chi connectivity index (χ3v) is 9.54. The monoisotopic (exact) mass is 708 g/mol. The van der Waals surface area contributed by atoms with Crippen LogP contribution in [0.25, 0.3) is 22.3 Å². The predicted molar refractivity (Wildman–Crippen MR) is 177 cm³/mol. The lowest BCUT2D eigenvalue weighted by molar-refractivity contribution is -0.342. The van der Waals surface area contributed by atoms with Crippen molar-refractivity contribution in [1.29, 1.82) is 0 Å². The van der Waals surface area contributed by atoms with Crippen LogP contribution < -0.4 is 36.0 Å². The number of aromatic amines is 1. The van der Waals surface area contributed by atoms with Gasteiger partial charge in [0.15, 0.2) is 28.6 Å². The SMILES string of the molecule is COc1c(OC2OC(C(=O)O)C3(O)C(C4CNCN4)C=CC2(O)C3O)cc2oc(-c3ccc(OCC(O)c4ccc(N)[nH]4)cc3)cc(=O)c2c1O. The number of aromatic hydroxyl groups is 1. The van der Waals surface area contributed by atoms with Crippen molar-refractivity contribution in [2.45, 2.75) is 41.8 Å². The number of aliphatic carboxylic acids is 1. The van der Waals surface area contributed by atoms with E-state index in [9.17, 15) is 40.2 Å². The summed E-state index contributed by atoms with van der Waals surface area (Å²) in [5, 5.41) is 72.2. The number of nitrogens with one attached hydrogen (secondary N) is 3. The molecule has 2 fully saturated rings. The number of aliphatic hydroxyl groups is 4. The number of benzene rings is 2. The molecule has 2 aromatic carbocycles. The Bertz CT molecular complexity index is 2040. The van der Waals surface area contributed by atoms with Crippen LogP contribution >= 0.6 is 0 Å². The van der Waals surface area contributed by atoms with Crippen LogP contribution in [-0.4, -0.2) is 104 Å². The summed E-state index contributed by atoms with van der Waals surface area (Å²) in [5.41, 5.74) is 0.830. The molecule has 51 heavy (non-hydrogen) atoms. The average molecular weight is 709 g/mol. The summed E-state index contributed by atoms with van der Waals surface area (Å²) >= 11 is 0. The molecule has 4 heterocycles. The minimum atomic E-state index is -2.48. The molecule has 0 saturated carbocycles. The van der Waals surface area contributed by atoms with Crippen molar-refractivity contribution in [2.24, 2.45) is 5.92 Å². The molecule has 0 amide bonds. The first-order chi connectivity index (χ1) is 24.3. The number of phenols is 1. The molecule has 8 unspecified atom stereocenters. The number of aliphatic hydroxyl groups excluding tert-OH is 2. The molecule has 4 aromatic rings. The van der Waals surface area contributed by atoms with Gasteiger partial charge in [0, 0.05) is 48.6 Å². The molecule has 2 saturated heterocycles.